The fourth-order valence-electron chi connectivity index (χ4n) is 3.83. The Balaban J connectivity index is 1.40. The number of fused-ring (bicyclic) bond motifs is 1. The van der Waals surface area contributed by atoms with Crippen LogP contribution in [0, 0.1) is 0 Å². The molecule has 3 aromatic rings. The number of nitrogens with zero attached hydrogens (tertiary/aromatic N) is 3. The van der Waals surface area contributed by atoms with Gasteiger partial charge in [-0.1, -0.05) is 42.5 Å². The predicted octanol–water partition coefficient (Wildman–Crippen LogP) is 4.14. The van der Waals surface area contributed by atoms with Crippen molar-refractivity contribution in [3.63, 3.8) is 0 Å². The van der Waals surface area contributed by atoms with Gasteiger partial charge in [0.2, 0.25) is 0 Å². The molecule has 1 N–H and O–H groups in total. The van der Waals surface area contributed by atoms with Crippen LogP contribution in [0.4, 0.5) is 4.79 Å². The largest absolute Gasteiger partial charge is 0.334 e. The lowest BCUT2D eigenvalue weighted by atomic mass is 10.00. The molecule has 0 saturated carbocycles. The first-order chi connectivity index (χ1) is 12.7. The lowest BCUT2D eigenvalue weighted by Gasteiger charge is -2.33. The molecule has 1 aliphatic heterocycles. The third-order valence-corrected chi connectivity index (χ3v) is 5.33. The molecule has 2 amide bonds. The Morgan fingerprint density at radius 2 is 1.92 bits per heavy atom. The molecule has 1 aromatic heterocycles. The summed E-state index contributed by atoms with van der Waals surface area (Å²) < 4.78 is 2.15. The predicted molar refractivity (Wildman–Crippen MR) is 103 cm³/mol. The number of aromatic nitrogens is 2. The normalized spacial score (nSPS) is 16.6. The number of carbonyl (C=O) groups is 1. The number of hydrogen-bond acceptors (Lipinski definition) is 2. The van der Waals surface area contributed by atoms with Crippen molar-refractivity contribution in [2.24, 2.45) is 0 Å². The Bertz CT molecular complexity index is 877. The average Bonchev–Trinajstić information content (AvgIpc) is 3.22. The van der Waals surface area contributed by atoms with E-state index in [1.807, 2.05) is 35.8 Å². The lowest BCUT2D eigenvalue weighted by molar-refractivity contribution is 0.169. The average molecular weight is 348 g/mol. The number of likely N-dealkylation sites (tertiary alicyclic amines) is 1. The fourth-order valence-corrected chi connectivity index (χ4v) is 3.83. The van der Waals surface area contributed by atoms with Crippen LogP contribution in [0.2, 0.25) is 0 Å². The summed E-state index contributed by atoms with van der Waals surface area (Å²) in [5, 5.41) is 5.57. The summed E-state index contributed by atoms with van der Waals surface area (Å²) in [4.78, 5) is 18.8. The van der Waals surface area contributed by atoms with E-state index in [0.29, 0.717) is 6.04 Å². The molecule has 1 atom stereocenters. The summed E-state index contributed by atoms with van der Waals surface area (Å²) in [6.45, 7) is 3.60. The SMILES string of the molecule is C[C@@H](NC(=O)N1CCC(n2ccnc2)CC1)c1cccc2ccccc12. The van der Waals surface area contributed by atoms with Crippen molar-refractivity contribution < 1.29 is 4.79 Å². The molecule has 4 rings (SSSR count). The van der Waals surface area contributed by atoms with E-state index in [0.717, 1.165) is 31.5 Å². The van der Waals surface area contributed by atoms with Crippen LogP contribution in [0.5, 0.6) is 0 Å². The summed E-state index contributed by atoms with van der Waals surface area (Å²) in [6.07, 6.45) is 7.61. The molecule has 134 valence electrons. The van der Waals surface area contributed by atoms with Crippen LogP contribution in [-0.2, 0) is 0 Å². The van der Waals surface area contributed by atoms with Gasteiger partial charge in [-0.3, -0.25) is 0 Å². The monoisotopic (exact) mass is 348 g/mol. The highest BCUT2D eigenvalue weighted by Gasteiger charge is 2.24. The van der Waals surface area contributed by atoms with Crippen LogP contribution in [0.15, 0.2) is 61.2 Å². The first-order valence-corrected chi connectivity index (χ1v) is 9.23. The minimum atomic E-state index is -0.0278. The molecule has 5 heteroatoms. The Kier molecular flexibility index (Phi) is 4.61. The van der Waals surface area contributed by atoms with Gasteiger partial charge in [0.05, 0.1) is 12.4 Å². The highest BCUT2D eigenvalue weighted by molar-refractivity contribution is 5.86. The highest BCUT2D eigenvalue weighted by Crippen LogP contribution is 2.25. The van der Waals surface area contributed by atoms with E-state index in [4.69, 9.17) is 0 Å². The van der Waals surface area contributed by atoms with E-state index in [-0.39, 0.29) is 12.1 Å². The molecule has 0 bridgehead atoms. The summed E-state index contributed by atoms with van der Waals surface area (Å²) in [6, 6.07) is 15.0. The molecule has 5 nitrogen and oxygen atoms in total. The van der Waals surface area contributed by atoms with Crippen molar-refractivity contribution in [2.75, 3.05) is 13.1 Å². The molecule has 0 spiro atoms. The smallest absolute Gasteiger partial charge is 0.317 e. The standard InChI is InChI=1S/C21H24N4O/c1-16(19-8-4-6-17-5-2-3-7-20(17)19)23-21(26)24-12-9-18(10-13-24)25-14-11-22-15-25/h2-8,11,14-16,18H,9-10,12-13H2,1H3,(H,23,26)/t16-/m1/s1. The van der Waals surface area contributed by atoms with E-state index in [1.54, 1.807) is 0 Å². The third-order valence-electron chi connectivity index (χ3n) is 5.33. The van der Waals surface area contributed by atoms with Crippen LogP contribution in [0.25, 0.3) is 10.8 Å². The van der Waals surface area contributed by atoms with Crippen LogP contribution >= 0.6 is 0 Å². The zero-order valence-electron chi connectivity index (χ0n) is 15.0. The van der Waals surface area contributed by atoms with Crippen LogP contribution in [-0.4, -0.2) is 33.6 Å². The number of hydrogen-bond donors (Lipinski definition) is 1. The van der Waals surface area contributed by atoms with E-state index < -0.39 is 0 Å². The summed E-state index contributed by atoms with van der Waals surface area (Å²) in [5.41, 5.74) is 1.16. The molecular formula is C21H24N4O. The van der Waals surface area contributed by atoms with Gasteiger partial charge in [-0.15, -0.1) is 0 Å². The maximum atomic E-state index is 12.7. The number of carbonyl (C=O) groups excluding carboxylic acids is 1. The van der Waals surface area contributed by atoms with Crippen molar-refractivity contribution in [1.29, 1.82) is 0 Å². The number of benzene rings is 2. The van der Waals surface area contributed by atoms with Crippen molar-refractivity contribution >= 4 is 16.8 Å². The second-order valence-corrected chi connectivity index (χ2v) is 6.97. The second kappa shape index (κ2) is 7.20. The van der Waals surface area contributed by atoms with Gasteiger partial charge in [0, 0.05) is 31.5 Å². The minimum absolute atomic E-state index is 0.0227. The molecule has 0 aliphatic carbocycles. The summed E-state index contributed by atoms with van der Waals surface area (Å²) in [5.74, 6) is 0. The number of amides is 2. The first kappa shape index (κ1) is 16.6. The number of imidazole rings is 1. The fraction of sp³-hybridized carbons (Fsp3) is 0.333. The Labute approximate surface area is 153 Å². The summed E-state index contributed by atoms with van der Waals surface area (Å²) >= 11 is 0. The second-order valence-electron chi connectivity index (χ2n) is 6.97. The quantitative estimate of drug-likeness (QED) is 0.773. The zero-order valence-corrected chi connectivity index (χ0v) is 15.0. The van der Waals surface area contributed by atoms with Gasteiger partial charge in [0.15, 0.2) is 0 Å². The molecule has 0 unspecified atom stereocenters. The molecule has 1 aliphatic rings. The van der Waals surface area contributed by atoms with Crippen molar-refractivity contribution in [1.82, 2.24) is 19.8 Å². The maximum absolute atomic E-state index is 12.7. The summed E-state index contributed by atoms with van der Waals surface area (Å²) in [7, 11) is 0. The van der Waals surface area contributed by atoms with Gasteiger partial charge >= 0.3 is 6.03 Å². The van der Waals surface area contributed by atoms with Crippen LogP contribution in [0.1, 0.15) is 37.4 Å². The molecule has 2 aromatic carbocycles. The third kappa shape index (κ3) is 3.29. The molecule has 2 heterocycles. The van der Waals surface area contributed by atoms with Crippen molar-refractivity contribution in [3.05, 3.63) is 66.7 Å². The van der Waals surface area contributed by atoms with Gasteiger partial charge in [-0.2, -0.15) is 0 Å². The Morgan fingerprint density at radius 3 is 2.69 bits per heavy atom. The van der Waals surface area contributed by atoms with E-state index in [2.05, 4.69) is 52.1 Å². The molecular weight excluding hydrogens is 324 g/mol. The van der Waals surface area contributed by atoms with Crippen LogP contribution in [0.3, 0.4) is 0 Å². The number of piperidine rings is 1. The molecule has 1 fully saturated rings. The van der Waals surface area contributed by atoms with Gasteiger partial charge in [0.1, 0.15) is 0 Å². The minimum Gasteiger partial charge on any atom is -0.334 e. The maximum Gasteiger partial charge on any atom is 0.317 e. The van der Waals surface area contributed by atoms with Gasteiger partial charge in [-0.05, 0) is 36.1 Å². The molecule has 0 radical (unpaired) electrons. The number of urea groups is 1. The first-order valence-electron chi connectivity index (χ1n) is 9.23. The Morgan fingerprint density at radius 1 is 1.15 bits per heavy atom. The zero-order chi connectivity index (χ0) is 17.9. The van der Waals surface area contributed by atoms with Gasteiger partial charge in [0.25, 0.3) is 0 Å². The number of rotatable bonds is 3. The van der Waals surface area contributed by atoms with Crippen molar-refractivity contribution in [2.45, 2.75) is 31.8 Å². The van der Waals surface area contributed by atoms with Gasteiger partial charge < -0.3 is 14.8 Å². The molecule has 1 saturated heterocycles. The Hall–Kier alpha value is -2.82. The van der Waals surface area contributed by atoms with Crippen molar-refractivity contribution in [3.8, 4) is 0 Å². The molecule has 26 heavy (non-hydrogen) atoms. The van der Waals surface area contributed by atoms with E-state index >= 15 is 0 Å². The van der Waals surface area contributed by atoms with Crippen LogP contribution < -0.4 is 5.32 Å². The highest BCUT2D eigenvalue weighted by atomic mass is 16.2. The van der Waals surface area contributed by atoms with E-state index in [9.17, 15) is 4.79 Å². The van der Waals surface area contributed by atoms with Gasteiger partial charge in [-0.25, -0.2) is 9.78 Å². The topological polar surface area (TPSA) is 50.2 Å². The van der Waals surface area contributed by atoms with E-state index in [1.165, 1.54) is 10.8 Å². The number of nitrogens with one attached hydrogen (secondary N) is 1. The lowest BCUT2D eigenvalue weighted by Crippen LogP contribution is -2.45.